The normalized spacial score (nSPS) is 21.0. The highest BCUT2D eigenvalue weighted by molar-refractivity contribution is 6.14. The Bertz CT molecular complexity index is 1710. The lowest BCUT2D eigenvalue weighted by molar-refractivity contribution is -0.119. The summed E-state index contributed by atoms with van der Waals surface area (Å²) in [6.45, 7) is 8.05. The summed E-state index contributed by atoms with van der Waals surface area (Å²) < 4.78 is 2.19. The highest BCUT2D eigenvalue weighted by atomic mass is 16.2. The van der Waals surface area contributed by atoms with E-state index in [1.807, 2.05) is 38.1 Å². The predicted molar refractivity (Wildman–Crippen MR) is 152 cm³/mol. The van der Waals surface area contributed by atoms with Crippen LogP contribution in [0.2, 0.25) is 0 Å². The molecule has 0 bridgehead atoms. The molecule has 1 N–H and O–H groups in total. The van der Waals surface area contributed by atoms with Crippen molar-refractivity contribution < 1.29 is 9.59 Å². The molecule has 38 heavy (non-hydrogen) atoms. The number of carbonyl (C=O) groups excluding carboxylic acids is 2. The zero-order valence-electron chi connectivity index (χ0n) is 22.5. The third kappa shape index (κ3) is 3.87. The number of nitrogens with zero attached hydrogens (tertiary/aromatic N) is 3. The second kappa shape index (κ2) is 8.76. The first-order chi connectivity index (χ1) is 18.1. The van der Waals surface area contributed by atoms with E-state index in [-0.39, 0.29) is 17.1 Å². The molecule has 0 spiro atoms. The number of allylic oxidation sites excluding steroid dienone is 2. The topological polar surface area (TPSA) is 76.3 Å². The molecule has 2 aromatic heterocycles. The summed E-state index contributed by atoms with van der Waals surface area (Å²) in [7, 11) is 2.07. The van der Waals surface area contributed by atoms with Crippen LogP contribution in [-0.4, -0.2) is 27.0 Å². The number of aryl methyl sites for hydroxylation is 2. The zero-order valence-corrected chi connectivity index (χ0v) is 22.5. The van der Waals surface area contributed by atoms with Crippen LogP contribution in [0, 0.1) is 18.3 Å². The molecule has 1 aliphatic carbocycles. The highest BCUT2D eigenvalue weighted by Crippen LogP contribution is 2.48. The molecule has 1 aliphatic heterocycles. The van der Waals surface area contributed by atoms with Crippen LogP contribution >= 0.6 is 0 Å². The van der Waals surface area contributed by atoms with Gasteiger partial charge in [-0.2, -0.15) is 0 Å². The Kier molecular flexibility index (Phi) is 5.60. The molecule has 6 rings (SSSR count). The van der Waals surface area contributed by atoms with Gasteiger partial charge in [0.05, 0.1) is 5.92 Å². The number of nitrogens with one attached hydrogen (secondary N) is 1. The molecule has 0 saturated heterocycles. The number of aliphatic imine (C=N–C) groups is 1. The van der Waals surface area contributed by atoms with Crippen molar-refractivity contribution in [2.45, 2.75) is 46.5 Å². The smallest absolute Gasteiger partial charge is 0.235 e. The number of carbonyl (C=O) groups is 2. The fourth-order valence-electron chi connectivity index (χ4n) is 6.33. The molecule has 1 amide bonds. The molecule has 3 heterocycles. The van der Waals surface area contributed by atoms with Crippen molar-refractivity contribution in [2.75, 3.05) is 5.32 Å². The fourth-order valence-corrected chi connectivity index (χ4v) is 6.33. The molecule has 192 valence electrons. The van der Waals surface area contributed by atoms with Crippen molar-refractivity contribution in [3.8, 4) is 0 Å². The maximum Gasteiger partial charge on any atom is 0.235 e. The van der Waals surface area contributed by atoms with Gasteiger partial charge in [-0.05, 0) is 61.1 Å². The van der Waals surface area contributed by atoms with Gasteiger partial charge in [0.1, 0.15) is 5.82 Å². The third-order valence-electron chi connectivity index (χ3n) is 8.13. The van der Waals surface area contributed by atoms with Crippen molar-refractivity contribution in [1.82, 2.24) is 9.55 Å². The minimum Gasteiger partial charge on any atom is -0.344 e. The summed E-state index contributed by atoms with van der Waals surface area (Å²) in [5, 5.41) is 5.31. The first-order valence-corrected chi connectivity index (χ1v) is 13.2. The molecule has 6 heteroatoms. The van der Waals surface area contributed by atoms with E-state index in [1.54, 1.807) is 6.20 Å². The summed E-state index contributed by atoms with van der Waals surface area (Å²) >= 11 is 0. The summed E-state index contributed by atoms with van der Waals surface area (Å²) in [6.07, 6.45) is 2.83. The number of Topliss-reactive ketones (excluding diaryl/α,β-unsaturated/α-hetero) is 1. The average Bonchev–Trinajstić information content (AvgIpc) is 3.15. The largest absolute Gasteiger partial charge is 0.344 e. The number of hydrogen-bond acceptors (Lipinski definition) is 4. The Hall–Kier alpha value is -4.06. The molecule has 0 saturated carbocycles. The van der Waals surface area contributed by atoms with Gasteiger partial charge in [-0.15, -0.1) is 0 Å². The van der Waals surface area contributed by atoms with E-state index in [9.17, 15) is 9.59 Å². The quantitative estimate of drug-likeness (QED) is 0.346. The number of hydrogen-bond donors (Lipinski definition) is 1. The Balaban J connectivity index is 1.53. The number of pyridine rings is 1. The number of aromatic nitrogens is 2. The molecule has 2 aliphatic rings. The second-order valence-electron chi connectivity index (χ2n) is 11.5. The SMILES string of the molecule is CC1=NC2=C(C(=O)CC(C)(C)C2)C(c2ccc3c(c2)c2ccccc2n3C)C1C(=O)Nc1ncccc1C. The molecule has 0 radical (unpaired) electrons. The van der Waals surface area contributed by atoms with Crippen LogP contribution in [0.1, 0.15) is 50.7 Å². The number of rotatable bonds is 3. The number of para-hydroxylation sites is 1. The summed E-state index contributed by atoms with van der Waals surface area (Å²) in [4.78, 5) is 36.9. The van der Waals surface area contributed by atoms with E-state index in [1.165, 1.54) is 0 Å². The summed E-state index contributed by atoms with van der Waals surface area (Å²) in [6, 6.07) is 18.5. The van der Waals surface area contributed by atoms with E-state index in [0.29, 0.717) is 24.2 Å². The fraction of sp³-hybridized carbons (Fsp3) is 0.312. The van der Waals surface area contributed by atoms with E-state index >= 15 is 0 Å². The van der Waals surface area contributed by atoms with Crippen molar-refractivity contribution in [3.63, 3.8) is 0 Å². The molecule has 4 aromatic rings. The lowest BCUT2D eigenvalue weighted by Crippen LogP contribution is -2.41. The molecular formula is C32H32N4O2. The Morgan fingerprint density at radius 1 is 1.00 bits per heavy atom. The highest BCUT2D eigenvalue weighted by Gasteiger charge is 2.45. The van der Waals surface area contributed by atoms with Gasteiger partial charge in [-0.3, -0.25) is 14.6 Å². The van der Waals surface area contributed by atoms with Gasteiger partial charge in [-0.25, -0.2) is 4.98 Å². The third-order valence-corrected chi connectivity index (χ3v) is 8.13. The predicted octanol–water partition coefficient (Wildman–Crippen LogP) is 6.49. The van der Waals surface area contributed by atoms with Crippen LogP contribution in [0.15, 0.2) is 77.1 Å². The van der Waals surface area contributed by atoms with Gasteiger partial charge in [0.25, 0.3) is 0 Å². The van der Waals surface area contributed by atoms with Crippen LogP contribution < -0.4 is 5.32 Å². The van der Waals surface area contributed by atoms with Gasteiger partial charge >= 0.3 is 0 Å². The van der Waals surface area contributed by atoms with Gasteiger partial charge in [-0.1, -0.05) is 44.2 Å². The van der Waals surface area contributed by atoms with Crippen LogP contribution in [-0.2, 0) is 16.6 Å². The minimum absolute atomic E-state index is 0.0855. The number of ketones is 1. The van der Waals surface area contributed by atoms with Crippen LogP contribution in [0.4, 0.5) is 5.82 Å². The summed E-state index contributed by atoms with van der Waals surface area (Å²) in [5.41, 5.74) is 6.18. The zero-order chi connectivity index (χ0) is 26.8. The number of benzene rings is 2. The first-order valence-electron chi connectivity index (χ1n) is 13.2. The molecular weight excluding hydrogens is 472 g/mol. The van der Waals surface area contributed by atoms with Crippen molar-refractivity contribution >= 4 is 45.0 Å². The molecule has 2 aromatic carbocycles. The molecule has 0 fully saturated rings. The number of fused-ring (bicyclic) bond motifs is 3. The second-order valence-corrected chi connectivity index (χ2v) is 11.5. The van der Waals surface area contributed by atoms with E-state index in [2.05, 4.69) is 66.1 Å². The number of amides is 1. The van der Waals surface area contributed by atoms with Gasteiger partial charge < -0.3 is 9.88 Å². The van der Waals surface area contributed by atoms with Gasteiger partial charge in [0.2, 0.25) is 5.91 Å². The maximum absolute atomic E-state index is 13.9. The Morgan fingerprint density at radius 3 is 2.55 bits per heavy atom. The van der Waals surface area contributed by atoms with Crippen LogP contribution in [0.25, 0.3) is 21.8 Å². The standard InChI is InChI=1S/C32H32N4O2/c1-18-9-8-14-33-30(18)35-31(38)27-19(2)34-23-16-32(3,4)17-26(37)29(23)28(27)20-12-13-25-22(15-20)21-10-6-7-11-24(21)36(25)5/h6-15,27-28H,16-17H2,1-5H3,(H,33,35,38). The average molecular weight is 505 g/mol. The van der Waals surface area contributed by atoms with E-state index in [4.69, 9.17) is 4.99 Å². The van der Waals surface area contributed by atoms with Crippen molar-refractivity contribution in [3.05, 3.63) is 83.2 Å². The molecule has 6 nitrogen and oxygen atoms in total. The van der Waals surface area contributed by atoms with Gasteiger partial charge in [0.15, 0.2) is 5.78 Å². The Morgan fingerprint density at radius 2 is 1.76 bits per heavy atom. The number of anilines is 1. The minimum atomic E-state index is -0.618. The van der Waals surface area contributed by atoms with Crippen LogP contribution in [0.3, 0.4) is 0 Å². The molecule has 2 atom stereocenters. The lowest BCUT2D eigenvalue weighted by Gasteiger charge is -2.39. The van der Waals surface area contributed by atoms with E-state index < -0.39 is 11.8 Å². The maximum atomic E-state index is 13.9. The summed E-state index contributed by atoms with van der Waals surface area (Å²) in [5.74, 6) is -0.613. The molecule has 2 unspecified atom stereocenters. The monoisotopic (exact) mass is 504 g/mol. The van der Waals surface area contributed by atoms with E-state index in [0.717, 1.165) is 44.3 Å². The van der Waals surface area contributed by atoms with Gasteiger partial charge in [0, 0.05) is 64.4 Å². The van der Waals surface area contributed by atoms with Crippen LogP contribution in [0.5, 0.6) is 0 Å². The van der Waals surface area contributed by atoms with Crippen molar-refractivity contribution in [1.29, 1.82) is 0 Å². The first kappa shape index (κ1) is 24.3. The van der Waals surface area contributed by atoms with Crippen molar-refractivity contribution in [2.24, 2.45) is 23.4 Å². The Labute approximate surface area is 222 Å². The lowest BCUT2D eigenvalue weighted by atomic mass is 9.66.